The summed E-state index contributed by atoms with van der Waals surface area (Å²) in [5, 5.41) is 4.75. The van der Waals surface area contributed by atoms with Crippen molar-refractivity contribution in [3.63, 3.8) is 0 Å². The summed E-state index contributed by atoms with van der Waals surface area (Å²) in [6.45, 7) is 1.94. The van der Waals surface area contributed by atoms with Crippen LogP contribution in [0.2, 0.25) is 0 Å². The average Bonchev–Trinajstić information content (AvgIpc) is 3.32. The van der Waals surface area contributed by atoms with Crippen LogP contribution in [0.5, 0.6) is 0 Å². The Kier molecular flexibility index (Phi) is 4.45. The maximum Gasteiger partial charge on any atom is 0.147 e. The molecule has 3 aromatic heterocycles. The molecule has 0 saturated heterocycles. The molecule has 5 rings (SSSR count). The summed E-state index contributed by atoms with van der Waals surface area (Å²) in [4.78, 5) is 16.8. The summed E-state index contributed by atoms with van der Waals surface area (Å²) < 4.78 is 1.12. The molecule has 4 aromatic rings. The van der Waals surface area contributed by atoms with E-state index in [1.807, 2.05) is 0 Å². The van der Waals surface area contributed by atoms with Gasteiger partial charge in [-0.2, -0.15) is 0 Å². The molecular formula is C22H24N5S+. The Hall–Kier alpha value is -2.57. The van der Waals surface area contributed by atoms with Crippen LogP contribution in [0.1, 0.15) is 17.5 Å². The van der Waals surface area contributed by atoms with Gasteiger partial charge >= 0.3 is 0 Å². The molecule has 0 atom stereocenters. The van der Waals surface area contributed by atoms with Crippen molar-refractivity contribution in [2.24, 2.45) is 0 Å². The van der Waals surface area contributed by atoms with Gasteiger partial charge in [0.2, 0.25) is 0 Å². The summed E-state index contributed by atoms with van der Waals surface area (Å²) >= 11 is 1.72. The van der Waals surface area contributed by atoms with Gasteiger partial charge in [-0.15, -0.1) is 11.3 Å². The van der Waals surface area contributed by atoms with Crippen molar-refractivity contribution < 1.29 is 4.90 Å². The smallest absolute Gasteiger partial charge is 0.147 e. The van der Waals surface area contributed by atoms with Gasteiger partial charge in [-0.25, -0.2) is 15.0 Å². The normalized spacial score (nSPS) is 13.5. The third-order valence-corrected chi connectivity index (χ3v) is 6.52. The van der Waals surface area contributed by atoms with Crippen LogP contribution in [-0.2, 0) is 12.8 Å². The first-order valence-electron chi connectivity index (χ1n) is 9.89. The van der Waals surface area contributed by atoms with Crippen LogP contribution in [0.15, 0.2) is 36.7 Å². The lowest BCUT2D eigenvalue weighted by molar-refractivity contribution is -0.856. The largest absolute Gasteiger partial charge is 0.363 e. The average molecular weight is 391 g/mol. The van der Waals surface area contributed by atoms with E-state index >= 15 is 0 Å². The van der Waals surface area contributed by atoms with E-state index in [1.165, 1.54) is 33.4 Å². The van der Waals surface area contributed by atoms with Crippen LogP contribution in [-0.4, -0.2) is 42.1 Å². The Morgan fingerprint density at radius 1 is 1.07 bits per heavy atom. The number of pyridine rings is 1. The fraction of sp³-hybridized carbons (Fsp3) is 0.318. The molecule has 5 nitrogen and oxygen atoms in total. The zero-order valence-electron chi connectivity index (χ0n) is 16.2. The second-order valence-corrected chi connectivity index (χ2v) is 8.70. The van der Waals surface area contributed by atoms with Crippen LogP contribution < -0.4 is 10.2 Å². The zero-order chi connectivity index (χ0) is 19.1. The topological polar surface area (TPSA) is 55.1 Å². The van der Waals surface area contributed by atoms with E-state index in [1.54, 1.807) is 17.7 Å². The SMILES string of the molecule is C[NH+](C)CCNc1ncnc2c1sc1nc(-c3ccccc3)c3c(c12)CCC3. The Morgan fingerprint density at radius 2 is 1.89 bits per heavy atom. The first kappa shape index (κ1) is 17.5. The fourth-order valence-electron chi connectivity index (χ4n) is 4.09. The van der Waals surface area contributed by atoms with Crippen molar-refractivity contribution in [1.29, 1.82) is 0 Å². The molecule has 0 aliphatic heterocycles. The molecule has 28 heavy (non-hydrogen) atoms. The van der Waals surface area contributed by atoms with Crippen molar-refractivity contribution >= 4 is 37.6 Å². The number of nitrogens with one attached hydrogen (secondary N) is 2. The number of aryl methyl sites for hydroxylation is 1. The highest BCUT2D eigenvalue weighted by Gasteiger charge is 2.24. The van der Waals surface area contributed by atoms with E-state index in [0.29, 0.717) is 0 Å². The van der Waals surface area contributed by atoms with Gasteiger partial charge < -0.3 is 10.2 Å². The number of likely N-dealkylation sites (N-methyl/N-ethyl adjacent to an activating group) is 1. The molecule has 1 aliphatic rings. The number of rotatable bonds is 5. The monoisotopic (exact) mass is 390 g/mol. The number of anilines is 1. The summed E-state index contributed by atoms with van der Waals surface area (Å²) in [6, 6.07) is 10.6. The zero-order valence-corrected chi connectivity index (χ0v) is 17.1. The molecule has 1 aliphatic carbocycles. The van der Waals surface area contributed by atoms with E-state index in [4.69, 9.17) is 4.98 Å². The van der Waals surface area contributed by atoms with Gasteiger partial charge in [0.05, 0.1) is 43.1 Å². The lowest BCUT2D eigenvalue weighted by Crippen LogP contribution is -3.06. The molecule has 0 amide bonds. The molecule has 0 spiro atoms. The van der Waals surface area contributed by atoms with Crippen LogP contribution in [0.25, 0.3) is 31.7 Å². The Labute approximate surface area is 168 Å². The maximum absolute atomic E-state index is 5.12. The number of hydrogen-bond donors (Lipinski definition) is 2. The second kappa shape index (κ2) is 7.11. The number of fused-ring (bicyclic) bond motifs is 5. The van der Waals surface area contributed by atoms with Crippen molar-refractivity contribution in [2.45, 2.75) is 19.3 Å². The van der Waals surface area contributed by atoms with Crippen molar-refractivity contribution in [2.75, 3.05) is 32.5 Å². The van der Waals surface area contributed by atoms with Gasteiger partial charge in [-0.3, -0.25) is 0 Å². The number of hydrogen-bond acceptors (Lipinski definition) is 5. The number of quaternary nitrogens is 1. The van der Waals surface area contributed by atoms with Crippen LogP contribution in [0.4, 0.5) is 5.82 Å². The van der Waals surface area contributed by atoms with Gasteiger partial charge in [-0.1, -0.05) is 30.3 Å². The standard InChI is InChI=1S/C22H23N5S/c1-27(2)12-11-23-21-20-19(24-13-25-21)17-15-9-6-10-16(15)18(26-22(17)28-20)14-7-4-3-5-8-14/h3-5,7-8,13H,6,9-12H2,1-2H3,(H,23,24,25)/p+1. The van der Waals surface area contributed by atoms with Crippen molar-refractivity contribution in [3.05, 3.63) is 47.8 Å². The van der Waals surface area contributed by atoms with E-state index in [-0.39, 0.29) is 0 Å². The predicted molar refractivity (Wildman–Crippen MR) is 116 cm³/mol. The van der Waals surface area contributed by atoms with E-state index in [0.717, 1.165) is 52.5 Å². The molecular weight excluding hydrogens is 366 g/mol. The van der Waals surface area contributed by atoms with Gasteiger partial charge in [-0.05, 0) is 30.4 Å². The molecule has 0 fully saturated rings. The van der Waals surface area contributed by atoms with Gasteiger partial charge in [0.1, 0.15) is 17.0 Å². The summed E-state index contributed by atoms with van der Waals surface area (Å²) in [5.41, 5.74) is 6.25. The highest BCUT2D eigenvalue weighted by atomic mass is 32.1. The summed E-state index contributed by atoms with van der Waals surface area (Å²) in [6.07, 6.45) is 5.08. The lowest BCUT2D eigenvalue weighted by atomic mass is 10.0. The quantitative estimate of drug-likeness (QED) is 0.550. The molecule has 1 aromatic carbocycles. The van der Waals surface area contributed by atoms with Gasteiger partial charge in [0, 0.05) is 10.9 Å². The van der Waals surface area contributed by atoms with E-state index in [2.05, 4.69) is 59.7 Å². The van der Waals surface area contributed by atoms with Crippen LogP contribution in [0, 0.1) is 0 Å². The summed E-state index contributed by atoms with van der Waals surface area (Å²) in [5.74, 6) is 0.933. The van der Waals surface area contributed by atoms with Crippen LogP contribution in [0.3, 0.4) is 0 Å². The summed E-state index contributed by atoms with van der Waals surface area (Å²) in [7, 11) is 4.32. The maximum atomic E-state index is 5.12. The molecule has 0 unspecified atom stereocenters. The molecule has 0 radical (unpaired) electrons. The van der Waals surface area contributed by atoms with Crippen LogP contribution >= 0.6 is 11.3 Å². The Morgan fingerprint density at radius 3 is 2.71 bits per heavy atom. The first-order valence-corrected chi connectivity index (χ1v) is 10.7. The minimum Gasteiger partial charge on any atom is -0.363 e. The number of thiophene rings is 1. The van der Waals surface area contributed by atoms with E-state index < -0.39 is 0 Å². The van der Waals surface area contributed by atoms with Crippen molar-refractivity contribution in [3.8, 4) is 11.3 Å². The highest BCUT2D eigenvalue weighted by molar-refractivity contribution is 7.26. The minimum absolute atomic E-state index is 0.892. The van der Waals surface area contributed by atoms with E-state index in [9.17, 15) is 0 Å². The molecule has 142 valence electrons. The Bertz CT molecular complexity index is 1150. The Balaban J connectivity index is 1.69. The predicted octanol–water partition coefficient (Wildman–Crippen LogP) is 2.95. The molecule has 0 saturated carbocycles. The lowest BCUT2D eigenvalue weighted by Gasteiger charge is -2.09. The molecule has 2 N–H and O–H groups in total. The minimum atomic E-state index is 0.892. The number of benzene rings is 1. The first-order chi connectivity index (χ1) is 13.7. The molecule has 6 heteroatoms. The second-order valence-electron chi connectivity index (χ2n) is 7.70. The van der Waals surface area contributed by atoms with Crippen molar-refractivity contribution in [1.82, 2.24) is 15.0 Å². The number of nitrogens with zero attached hydrogens (tertiary/aromatic N) is 3. The van der Waals surface area contributed by atoms with Gasteiger partial charge in [0.25, 0.3) is 0 Å². The number of aromatic nitrogens is 3. The molecule has 3 heterocycles. The molecule has 0 bridgehead atoms. The van der Waals surface area contributed by atoms with Gasteiger partial charge in [0.15, 0.2) is 0 Å². The fourth-order valence-corrected chi connectivity index (χ4v) is 5.22. The third-order valence-electron chi connectivity index (χ3n) is 5.44. The third kappa shape index (κ3) is 2.93. The highest BCUT2D eigenvalue weighted by Crippen LogP contribution is 2.43.